The minimum Gasteiger partial charge on any atom is -0.375 e. The lowest BCUT2D eigenvalue weighted by Gasteiger charge is -2.21. The van der Waals surface area contributed by atoms with E-state index in [4.69, 9.17) is 4.98 Å². The molecule has 0 spiro atoms. The van der Waals surface area contributed by atoms with Crippen LogP contribution in [0.4, 0.5) is 5.69 Å². The Kier molecular flexibility index (Phi) is 5.17. The van der Waals surface area contributed by atoms with Crippen LogP contribution in [0.5, 0.6) is 0 Å². The van der Waals surface area contributed by atoms with Crippen LogP contribution in [0.25, 0.3) is 10.9 Å². The minimum absolute atomic E-state index is 0.0101. The van der Waals surface area contributed by atoms with Gasteiger partial charge in [-0.05, 0) is 55.7 Å². The Labute approximate surface area is 170 Å². The average molecular weight is 383 g/mol. The standard InChI is InChI=1S/C25H25N3O/c1-17-13-14-18(2)23(15-17)26-19(3)24-27-22-12-8-7-11-21(22)25(29)28(24)16-20-9-5-4-6-10-20/h4-15,19,26H,16H2,1-3H3. The Balaban J connectivity index is 1.82. The molecule has 1 aromatic heterocycles. The summed E-state index contributed by atoms with van der Waals surface area (Å²) in [6.07, 6.45) is 0. The van der Waals surface area contributed by atoms with Gasteiger partial charge < -0.3 is 5.32 Å². The van der Waals surface area contributed by atoms with Gasteiger partial charge in [0.1, 0.15) is 5.82 Å². The maximum atomic E-state index is 13.3. The van der Waals surface area contributed by atoms with Gasteiger partial charge in [0.25, 0.3) is 5.56 Å². The topological polar surface area (TPSA) is 46.9 Å². The smallest absolute Gasteiger partial charge is 0.261 e. The molecule has 3 aromatic carbocycles. The van der Waals surface area contributed by atoms with Crippen molar-refractivity contribution in [3.63, 3.8) is 0 Å². The second-order valence-corrected chi connectivity index (χ2v) is 7.55. The molecule has 146 valence electrons. The number of fused-ring (bicyclic) bond motifs is 1. The lowest BCUT2D eigenvalue weighted by Crippen LogP contribution is -2.29. The predicted molar refractivity (Wildman–Crippen MR) is 120 cm³/mol. The summed E-state index contributed by atoms with van der Waals surface area (Å²) in [4.78, 5) is 18.2. The first-order chi connectivity index (χ1) is 14.0. The number of rotatable bonds is 5. The highest BCUT2D eigenvalue weighted by Gasteiger charge is 2.17. The van der Waals surface area contributed by atoms with Crippen molar-refractivity contribution in [2.45, 2.75) is 33.4 Å². The van der Waals surface area contributed by atoms with Gasteiger partial charge in [-0.2, -0.15) is 0 Å². The Bertz CT molecular complexity index is 1210. The van der Waals surface area contributed by atoms with E-state index in [0.717, 1.165) is 22.6 Å². The van der Waals surface area contributed by atoms with Gasteiger partial charge in [0.15, 0.2) is 0 Å². The lowest BCUT2D eigenvalue weighted by atomic mass is 10.1. The van der Waals surface area contributed by atoms with Crippen LogP contribution in [0.3, 0.4) is 0 Å². The maximum absolute atomic E-state index is 13.3. The zero-order valence-corrected chi connectivity index (χ0v) is 17.0. The van der Waals surface area contributed by atoms with Gasteiger partial charge in [-0.25, -0.2) is 4.98 Å². The molecule has 0 aliphatic rings. The number of anilines is 1. The molecule has 4 heteroatoms. The SMILES string of the molecule is Cc1ccc(C)c(NC(C)c2nc3ccccc3c(=O)n2Cc2ccccc2)c1. The van der Waals surface area contributed by atoms with Gasteiger partial charge in [0, 0.05) is 5.69 Å². The van der Waals surface area contributed by atoms with Crippen molar-refractivity contribution in [3.8, 4) is 0 Å². The second kappa shape index (κ2) is 7.92. The molecule has 1 heterocycles. The van der Waals surface area contributed by atoms with E-state index in [1.54, 1.807) is 4.57 Å². The van der Waals surface area contributed by atoms with E-state index >= 15 is 0 Å². The molecule has 4 aromatic rings. The van der Waals surface area contributed by atoms with E-state index in [2.05, 4.69) is 44.3 Å². The van der Waals surface area contributed by atoms with Gasteiger partial charge in [0.05, 0.1) is 23.5 Å². The number of benzene rings is 3. The third-order valence-corrected chi connectivity index (χ3v) is 5.23. The fraction of sp³-hybridized carbons (Fsp3) is 0.200. The van der Waals surface area contributed by atoms with Gasteiger partial charge in [-0.1, -0.05) is 54.6 Å². The van der Waals surface area contributed by atoms with E-state index in [1.807, 2.05) is 54.6 Å². The summed E-state index contributed by atoms with van der Waals surface area (Å²) in [7, 11) is 0. The summed E-state index contributed by atoms with van der Waals surface area (Å²) in [5.41, 5.74) is 5.21. The van der Waals surface area contributed by atoms with Gasteiger partial charge in [0.2, 0.25) is 0 Å². The molecular weight excluding hydrogens is 358 g/mol. The lowest BCUT2D eigenvalue weighted by molar-refractivity contribution is 0.641. The third kappa shape index (κ3) is 3.92. The molecule has 0 fully saturated rings. The Morgan fingerprint density at radius 2 is 1.69 bits per heavy atom. The molecule has 0 saturated heterocycles. The summed E-state index contributed by atoms with van der Waals surface area (Å²) in [5.74, 6) is 0.735. The summed E-state index contributed by atoms with van der Waals surface area (Å²) < 4.78 is 1.79. The van der Waals surface area contributed by atoms with Crippen molar-refractivity contribution in [2.24, 2.45) is 0 Å². The number of nitrogens with one attached hydrogen (secondary N) is 1. The zero-order chi connectivity index (χ0) is 20.4. The van der Waals surface area contributed by atoms with Crippen LogP contribution < -0.4 is 10.9 Å². The fourth-order valence-corrected chi connectivity index (χ4v) is 3.62. The van der Waals surface area contributed by atoms with Crippen molar-refractivity contribution in [1.29, 1.82) is 0 Å². The first-order valence-electron chi connectivity index (χ1n) is 9.90. The summed E-state index contributed by atoms with van der Waals surface area (Å²) in [5, 5.41) is 4.21. The van der Waals surface area contributed by atoms with Crippen LogP contribution in [0.15, 0.2) is 77.6 Å². The van der Waals surface area contributed by atoms with Crippen molar-refractivity contribution >= 4 is 16.6 Å². The molecule has 0 saturated carbocycles. The molecule has 1 unspecified atom stereocenters. The summed E-state index contributed by atoms with van der Waals surface area (Å²) in [6.45, 7) is 6.71. The molecule has 1 N–H and O–H groups in total. The molecule has 1 atom stereocenters. The highest BCUT2D eigenvalue weighted by Crippen LogP contribution is 2.23. The molecule has 4 nitrogen and oxygen atoms in total. The van der Waals surface area contributed by atoms with E-state index in [-0.39, 0.29) is 11.6 Å². The van der Waals surface area contributed by atoms with Crippen molar-refractivity contribution in [3.05, 3.63) is 106 Å². The largest absolute Gasteiger partial charge is 0.375 e. The van der Waals surface area contributed by atoms with E-state index in [1.165, 1.54) is 11.1 Å². The summed E-state index contributed by atoms with van der Waals surface area (Å²) >= 11 is 0. The molecule has 0 radical (unpaired) electrons. The molecule has 29 heavy (non-hydrogen) atoms. The zero-order valence-electron chi connectivity index (χ0n) is 17.0. The first-order valence-corrected chi connectivity index (χ1v) is 9.90. The van der Waals surface area contributed by atoms with Crippen LogP contribution in [0.2, 0.25) is 0 Å². The summed E-state index contributed by atoms with van der Waals surface area (Å²) in [6, 6.07) is 23.8. The van der Waals surface area contributed by atoms with Crippen molar-refractivity contribution < 1.29 is 0 Å². The predicted octanol–water partition coefficient (Wildman–Crippen LogP) is 5.23. The normalized spacial score (nSPS) is 12.1. The van der Waals surface area contributed by atoms with E-state index < -0.39 is 0 Å². The highest BCUT2D eigenvalue weighted by atomic mass is 16.1. The number of aryl methyl sites for hydroxylation is 2. The van der Waals surface area contributed by atoms with Gasteiger partial charge >= 0.3 is 0 Å². The molecule has 0 aliphatic heterocycles. The van der Waals surface area contributed by atoms with Crippen molar-refractivity contribution in [2.75, 3.05) is 5.32 Å². The van der Waals surface area contributed by atoms with Gasteiger partial charge in [-0.15, -0.1) is 0 Å². The number of hydrogen-bond acceptors (Lipinski definition) is 3. The Morgan fingerprint density at radius 3 is 2.48 bits per heavy atom. The Hall–Kier alpha value is -3.40. The molecule has 0 bridgehead atoms. The average Bonchev–Trinajstić information content (AvgIpc) is 2.73. The number of hydrogen-bond donors (Lipinski definition) is 1. The number of para-hydroxylation sites is 1. The molecule has 0 aliphatic carbocycles. The van der Waals surface area contributed by atoms with Gasteiger partial charge in [-0.3, -0.25) is 9.36 Å². The first kappa shape index (κ1) is 18.9. The molecular formula is C25H25N3O. The minimum atomic E-state index is -0.128. The van der Waals surface area contributed by atoms with Crippen molar-refractivity contribution in [1.82, 2.24) is 9.55 Å². The second-order valence-electron chi connectivity index (χ2n) is 7.55. The third-order valence-electron chi connectivity index (χ3n) is 5.23. The van der Waals surface area contributed by atoms with Crippen LogP contribution in [-0.4, -0.2) is 9.55 Å². The monoisotopic (exact) mass is 383 g/mol. The van der Waals surface area contributed by atoms with Crippen LogP contribution in [0, 0.1) is 13.8 Å². The fourth-order valence-electron chi connectivity index (χ4n) is 3.62. The maximum Gasteiger partial charge on any atom is 0.261 e. The highest BCUT2D eigenvalue weighted by molar-refractivity contribution is 5.77. The quantitative estimate of drug-likeness (QED) is 0.513. The Morgan fingerprint density at radius 1 is 0.966 bits per heavy atom. The van der Waals surface area contributed by atoms with E-state index in [0.29, 0.717) is 11.9 Å². The van der Waals surface area contributed by atoms with Crippen LogP contribution in [0.1, 0.15) is 35.5 Å². The van der Waals surface area contributed by atoms with Crippen LogP contribution >= 0.6 is 0 Å². The molecule has 4 rings (SSSR count). The number of nitrogens with zero attached hydrogens (tertiary/aromatic N) is 2. The van der Waals surface area contributed by atoms with E-state index in [9.17, 15) is 4.79 Å². The number of aromatic nitrogens is 2. The molecule has 0 amide bonds. The van der Waals surface area contributed by atoms with Crippen LogP contribution in [-0.2, 0) is 6.54 Å².